The maximum Gasteiger partial charge on any atom is 0.142 e. The molecule has 0 bridgehead atoms. The molecule has 2 heterocycles. The fraction of sp³-hybridized carbons (Fsp3) is 0.385. The predicted molar refractivity (Wildman–Crippen MR) is 124 cm³/mol. The van der Waals surface area contributed by atoms with Crippen LogP contribution in [0.5, 0.6) is 11.5 Å². The maximum absolute atomic E-state index is 11.1. The zero-order chi connectivity index (χ0) is 22.3. The van der Waals surface area contributed by atoms with E-state index in [1.807, 2.05) is 35.2 Å². The van der Waals surface area contributed by atoms with Gasteiger partial charge in [-0.15, -0.1) is 0 Å². The molecule has 1 aromatic heterocycles. The van der Waals surface area contributed by atoms with Crippen molar-refractivity contribution in [3.8, 4) is 22.6 Å². The van der Waals surface area contributed by atoms with Crippen LogP contribution in [0.1, 0.15) is 44.3 Å². The number of fused-ring (bicyclic) bond motifs is 1. The molecule has 2 atom stereocenters. The summed E-state index contributed by atoms with van der Waals surface area (Å²) in [5.74, 6) is 2.82. The molecule has 0 spiro atoms. The fourth-order valence-electron chi connectivity index (χ4n) is 3.97. The summed E-state index contributed by atoms with van der Waals surface area (Å²) in [5, 5.41) is 11.1. The zero-order valence-corrected chi connectivity index (χ0v) is 18.8. The average Bonchev–Trinajstić information content (AvgIpc) is 2.97. The van der Waals surface area contributed by atoms with E-state index in [-0.39, 0.29) is 0 Å². The predicted octanol–water partition coefficient (Wildman–Crippen LogP) is 4.84. The highest BCUT2D eigenvalue weighted by molar-refractivity contribution is 5.66. The molecule has 6 heteroatoms. The largest absolute Gasteiger partial charge is 0.493 e. The lowest BCUT2D eigenvalue weighted by molar-refractivity contribution is -0.00375. The number of nitrogens with zero attached hydrogens (tertiary/aromatic N) is 3. The molecule has 6 nitrogen and oxygen atoms in total. The van der Waals surface area contributed by atoms with Crippen molar-refractivity contribution < 1.29 is 14.6 Å². The van der Waals surface area contributed by atoms with E-state index >= 15 is 0 Å². The van der Waals surface area contributed by atoms with Gasteiger partial charge in [0.15, 0.2) is 0 Å². The summed E-state index contributed by atoms with van der Waals surface area (Å²) < 4.78 is 11.8. The molecule has 0 saturated heterocycles. The smallest absolute Gasteiger partial charge is 0.142 e. The van der Waals surface area contributed by atoms with Crippen molar-refractivity contribution in [3.05, 3.63) is 72.3 Å². The summed E-state index contributed by atoms with van der Waals surface area (Å²) >= 11 is 0. The minimum Gasteiger partial charge on any atom is -0.493 e. The van der Waals surface area contributed by atoms with Gasteiger partial charge in [0.2, 0.25) is 0 Å². The topological polar surface area (TPSA) is 67.7 Å². The fourth-order valence-corrected chi connectivity index (χ4v) is 3.97. The van der Waals surface area contributed by atoms with Crippen LogP contribution in [0.2, 0.25) is 0 Å². The first kappa shape index (κ1) is 22.2. The van der Waals surface area contributed by atoms with Gasteiger partial charge < -0.3 is 14.6 Å². The lowest BCUT2D eigenvalue weighted by atomic mass is 10.0. The van der Waals surface area contributed by atoms with Crippen molar-refractivity contribution in [2.24, 2.45) is 5.92 Å². The van der Waals surface area contributed by atoms with Crippen molar-refractivity contribution in [1.29, 1.82) is 0 Å². The third-order valence-corrected chi connectivity index (χ3v) is 5.74. The van der Waals surface area contributed by atoms with Gasteiger partial charge in [-0.25, -0.2) is 9.97 Å². The van der Waals surface area contributed by atoms with E-state index < -0.39 is 6.23 Å². The maximum atomic E-state index is 11.1. The zero-order valence-electron chi connectivity index (χ0n) is 18.8. The van der Waals surface area contributed by atoms with Crippen LogP contribution in [-0.4, -0.2) is 39.7 Å². The number of benzene rings is 2. The van der Waals surface area contributed by atoms with Gasteiger partial charge in [0.1, 0.15) is 30.2 Å². The number of rotatable bonds is 8. The van der Waals surface area contributed by atoms with Crippen LogP contribution in [-0.2, 0) is 6.54 Å². The molecule has 0 radical (unpaired) electrons. The summed E-state index contributed by atoms with van der Waals surface area (Å²) in [5.41, 5.74) is 2.84. The molecule has 2 aromatic carbocycles. The molecule has 3 aromatic rings. The second-order valence-electron chi connectivity index (χ2n) is 8.34. The van der Waals surface area contributed by atoms with Gasteiger partial charge in [-0.2, -0.15) is 0 Å². The van der Waals surface area contributed by atoms with E-state index in [9.17, 15) is 5.11 Å². The lowest BCUT2D eigenvalue weighted by Gasteiger charge is -2.24. The molecule has 0 saturated carbocycles. The number of hydrogen-bond acceptors (Lipinski definition) is 6. The SMILES string of the molecule is CCCC(C)COc1ccc(-c2ccc3c(c2)C(O)N(Cc2ncccn2)CCO3)cc1. The first-order chi connectivity index (χ1) is 15.6. The Morgan fingerprint density at radius 2 is 1.88 bits per heavy atom. The Bertz CT molecular complexity index is 995. The third-order valence-electron chi connectivity index (χ3n) is 5.74. The van der Waals surface area contributed by atoms with Crippen LogP contribution < -0.4 is 9.47 Å². The van der Waals surface area contributed by atoms with Crippen molar-refractivity contribution in [2.45, 2.75) is 39.5 Å². The Hall–Kier alpha value is -2.96. The average molecular weight is 434 g/mol. The second kappa shape index (κ2) is 10.6. The first-order valence-electron chi connectivity index (χ1n) is 11.3. The van der Waals surface area contributed by atoms with Crippen LogP contribution in [0.25, 0.3) is 11.1 Å². The second-order valence-corrected chi connectivity index (χ2v) is 8.34. The molecular weight excluding hydrogens is 402 g/mol. The Labute approximate surface area is 189 Å². The molecule has 0 fully saturated rings. The van der Waals surface area contributed by atoms with Crippen LogP contribution in [0.3, 0.4) is 0 Å². The third kappa shape index (κ3) is 5.44. The Balaban J connectivity index is 1.49. The number of aromatic nitrogens is 2. The van der Waals surface area contributed by atoms with E-state index in [1.54, 1.807) is 18.5 Å². The Kier molecular flexibility index (Phi) is 7.35. The standard InChI is InChI=1S/C26H31N3O3/c1-3-5-19(2)18-32-22-9-6-20(7-10-22)21-8-11-24-23(16-21)26(30)29(14-15-31-24)17-25-27-12-4-13-28-25/h4,6-13,16,19,26,30H,3,5,14-15,17-18H2,1-2H3. The molecule has 0 amide bonds. The lowest BCUT2D eigenvalue weighted by Crippen LogP contribution is -2.30. The van der Waals surface area contributed by atoms with Crippen LogP contribution in [0.4, 0.5) is 0 Å². The van der Waals surface area contributed by atoms with E-state index in [1.165, 1.54) is 12.8 Å². The number of ether oxygens (including phenoxy) is 2. The summed E-state index contributed by atoms with van der Waals surface area (Å²) in [7, 11) is 0. The molecule has 1 aliphatic rings. The van der Waals surface area contributed by atoms with Crippen LogP contribution in [0.15, 0.2) is 60.9 Å². The summed E-state index contributed by atoms with van der Waals surface area (Å²) in [6.45, 7) is 6.69. The summed E-state index contributed by atoms with van der Waals surface area (Å²) in [6.07, 6.45) is 4.98. The molecule has 1 aliphatic heterocycles. The van der Waals surface area contributed by atoms with Gasteiger partial charge in [-0.1, -0.05) is 38.5 Å². The highest BCUT2D eigenvalue weighted by Gasteiger charge is 2.26. The summed E-state index contributed by atoms with van der Waals surface area (Å²) in [6, 6.07) is 15.9. The molecule has 168 valence electrons. The van der Waals surface area contributed by atoms with E-state index in [0.717, 1.165) is 29.0 Å². The Morgan fingerprint density at radius 3 is 2.62 bits per heavy atom. The molecule has 2 unspecified atom stereocenters. The van der Waals surface area contributed by atoms with Gasteiger partial charge in [0.05, 0.1) is 13.2 Å². The van der Waals surface area contributed by atoms with Gasteiger partial charge >= 0.3 is 0 Å². The van der Waals surface area contributed by atoms with E-state index in [2.05, 4.69) is 35.9 Å². The Morgan fingerprint density at radius 1 is 1.12 bits per heavy atom. The van der Waals surface area contributed by atoms with Gasteiger partial charge in [-0.3, -0.25) is 4.90 Å². The van der Waals surface area contributed by atoms with Gasteiger partial charge in [0.25, 0.3) is 0 Å². The molecule has 32 heavy (non-hydrogen) atoms. The molecule has 4 rings (SSSR count). The van der Waals surface area contributed by atoms with Crippen molar-refractivity contribution in [1.82, 2.24) is 14.9 Å². The van der Waals surface area contributed by atoms with Crippen LogP contribution >= 0.6 is 0 Å². The van der Waals surface area contributed by atoms with Crippen molar-refractivity contribution in [2.75, 3.05) is 19.8 Å². The highest BCUT2D eigenvalue weighted by atomic mass is 16.5. The number of aliphatic hydroxyl groups is 1. The first-order valence-corrected chi connectivity index (χ1v) is 11.3. The number of hydrogen-bond donors (Lipinski definition) is 1. The normalized spacial score (nSPS) is 17.2. The monoisotopic (exact) mass is 433 g/mol. The minimum absolute atomic E-state index is 0.456. The van der Waals surface area contributed by atoms with Crippen LogP contribution in [0, 0.1) is 5.92 Å². The highest BCUT2D eigenvalue weighted by Crippen LogP contribution is 2.35. The molecular formula is C26H31N3O3. The quantitative estimate of drug-likeness (QED) is 0.548. The van der Waals surface area contributed by atoms with Crippen molar-refractivity contribution >= 4 is 0 Å². The summed E-state index contributed by atoms with van der Waals surface area (Å²) in [4.78, 5) is 10.5. The van der Waals surface area contributed by atoms with E-state index in [4.69, 9.17) is 9.47 Å². The molecule has 0 aliphatic carbocycles. The minimum atomic E-state index is -0.793. The number of aliphatic hydroxyl groups excluding tert-OH is 1. The van der Waals surface area contributed by atoms with Crippen molar-refractivity contribution in [3.63, 3.8) is 0 Å². The van der Waals surface area contributed by atoms with E-state index in [0.29, 0.717) is 37.2 Å². The van der Waals surface area contributed by atoms with Gasteiger partial charge in [-0.05, 0) is 53.8 Å². The molecule has 1 N–H and O–H groups in total. The van der Waals surface area contributed by atoms with Gasteiger partial charge in [0, 0.05) is 24.5 Å².